The molecule has 0 unspecified atom stereocenters. The van der Waals surface area contributed by atoms with Gasteiger partial charge >= 0.3 is 0 Å². The van der Waals surface area contributed by atoms with E-state index < -0.39 is 0 Å². The second kappa shape index (κ2) is 14.7. The molecule has 2 rings (SSSR count). The predicted molar refractivity (Wildman–Crippen MR) is 108 cm³/mol. The first-order valence-corrected chi connectivity index (χ1v) is 9.62. The second-order valence-electron chi connectivity index (χ2n) is 7.10. The van der Waals surface area contributed by atoms with Crippen LogP contribution in [0.5, 0.6) is 0 Å². The maximum absolute atomic E-state index is 11.9. The molecule has 0 aromatic heterocycles. The molecule has 0 saturated heterocycles. The number of hydrogen-bond acceptors (Lipinski definition) is 1. The molecule has 0 atom stereocenters. The van der Waals surface area contributed by atoms with Crippen molar-refractivity contribution in [2.75, 3.05) is 0 Å². The molecule has 25 heavy (non-hydrogen) atoms. The van der Waals surface area contributed by atoms with Crippen LogP contribution in [0.4, 0.5) is 4.39 Å². The third-order valence-corrected chi connectivity index (χ3v) is 4.58. The maximum Gasteiger partial charge on any atom is 0.123 e. The van der Waals surface area contributed by atoms with Crippen molar-refractivity contribution in [2.24, 2.45) is 17.8 Å². The van der Waals surface area contributed by atoms with Gasteiger partial charge in [-0.2, -0.15) is 0 Å². The van der Waals surface area contributed by atoms with Crippen LogP contribution in [-0.2, 0) is 0 Å². The second-order valence-corrected chi connectivity index (χ2v) is 7.10. The molecule has 1 N–H and O–H groups in total. The number of aliphatic hydroxyl groups excluding tert-OH is 1. The molecule has 0 radical (unpaired) electrons. The lowest BCUT2D eigenvalue weighted by Crippen LogP contribution is -2.16. The SMILES string of the molecule is C/C=C\C=C(\O)CC.CC1CCC(C(C)C)CC1.Fc1ccccc1. The van der Waals surface area contributed by atoms with E-state index in [9.17, 15) is 4.39 Å². The average Bonchev–Trinajstić information content (AvgIpc) is 2.61. The standard InChI is InChI=1S/C10H20.C7H12O.C6H5F/c1-8(2)10-6-4-9(3)5-7-10;1-3-5-6-7(8)4-2;7-6-4-2-1-3-5-6/h8-10H,4-7H2,1-3H3;3,5-6,8H,4H2,1-2H3;1-5H/b;5-3-,7-6+;. The Kier molecular flexibility index (Phi) is 13.8. The molecule has 1 aliphatic carbocycles. The molecular formula is C23H37FO. The van der Waals surface area contributed by atoms with E-state index in [1.807, 2.05) is 26.0 Å². The fraction of sp³-hybridized carbons (Fsp3) is 0.565. The Hall–Kier alpha value is -1.57. The van der Waals surface area contributed by atoms with Crippen LogP contribution in [-0.4, -0.2) is 5.11 Å². The highest BCUT2D eigenvalue weighted by Gasteiger charge is 2.19. The fourth-order valence-electron chi connectivity index (χ4n) is 2.69. The summed E-state index contributed by atoms with van der Waals surface area (Å²) in [6.45, 7) is 10.9. The number of allylic oxidation sites excluding steroid dienone is 4. The van der Waals surface area contributed by atoms with Crippen LogP contribution in [0.3, 0.4) is 0 Å². The number of benzene rings is 1. The van der Waals surface area contributed by atoms with Gasteiger partial charge in [-0.15, -0.1) is 0 Å². The highest BCUT2D eigenvalue weighted by atomic mass is 19.1. The first-order chi connectivity index (χ1) is 11.9. The fourth-order valence-corrected chi connectivity index (χ4v) is 2.69. The summed E-state index contributed by atoms with van der Waals surface area (Å²) in [6, 6.07) is 7.94. The number of rotatable bonds is 3. The van der Waals surface area contributed by atoms with Gasteiger partial charge < -0.3 is 5.11 Å². The molecule has 142 valence electrons. The monoisotopic (exact) mass is 348 g/mol. The lowest BCUT2D eigenvalue weighted by Gasteiger charge is -2.28. The van der Waals surface area contributed by atoms with Gasteiger partial charge in [-0.05, 0) is 55.7 Å². The van der Waals surface area contributed by atoms with E-state index in [0.717, 1.165) is 17.8 Å². The van der Waals surface area contributed by atoms with Crippen molar-refractivity contribution in [3.63, 3.8) is 0 Å². The topological polar surface area (TPSA) is 20.2 Å². The van der Waals surface area contributed by atoms with E-state index >= 15 is 0 Å². The molecule has 0 bridgehead atoms. The Bertz CT molecular complexity index is 468. The van der Waals surface area contributed by atoms with Gasteiger partial charge in [0.25, 0.3) is 0 Å². The Balaban J connectivity index is 0.000000352. The van der Waals surface area contributed by atoms with Crippen LogP contribution < -0.4 is 0 Å². The van der Waals surface area contributed by atoms with Gasteiger partial charge in [0.1, 0.15) is 5.82 Å². The molecule has 0 spiro atoms. The molecule has 1 aliphatic rings. The van der Waals surface area contributed by atoms with Crippen molar-refractivity contribution in [1.29, 1.82) is 0 Å². The Morgan fingerprint density at radius 3 is 2.08 bits per heavy atom. The van der Waals surface area contributed by atoms with Gasteiger partial charge in [-0.25, -0.2) is 4.39 Å². The van der Waals surface area contributed by atoms with Crippen molar-refractivity contribution in [1.82, 2.24) is 0 Å². The minimum absolute atomic E-state index is 0.178. The van der Waals surface area contributed by atoms with Crippen LogP contribution >= 0.6 is 0 Å². The number of hydrogen-bond donors (Lipinski definition) is 1. The van der Waals surface area contributed by atoms with Crippen molar-refractivity contribution < 1.29 is 9.50 Å². The van der Waals surface area contributed by atoms with Crippen molar-refractivity contribution >= 4 is 0 Å². The average molecular weight is 349 g/mol. The summed E-state index contributed by atoms with van der Waals surface area (Å²) in [5.41, 5.74) is 0. The van der Waals surface area contributed by atoms with Crippen LogP contribution in [0.25, 0.3) is 0 Å². The van der Waals surface area contributed by atoms with E-state index in [-0.39, 0.29) is 5.82 Å². The highest BCUT2D eigenvalue weighted by molar-refractivity contribution is 5.05. The van der Waals surface area contributed by atoms with Gasteiger partial charge in [0.15, 0.2) is 0 Å². The van der Waals surface area contributed by atoms with Crippen LogP contribution in [0.15, 0.2) is 54.3 Å². The predicted octanol–water partition coefficient (Wildman–Crippen LogP) is 7.71. The van der Waals surface area contributed by atoms with Crippen molar-refractivity contribution in [3.8, 4) is 0 Å². The zero-order valence-corrected chi connectivity index (χ0v) is 16.7. The molecule has 1 aromatic rings. The number of aliphatic hydroxyl groups is 1. The minimum Gasteiger partial charge on any atom is -0.512 e. The number of halogens is 1. The zero-order valence-electron chi connectivity index (χ0n) is 16.7. The third kappa shape index (κ3) is 13.4. The van der Waals surface area contributed by atoms with Gasteiger partial charge in [0.05, 0.1) is 5.76 Å². The molecule has 0 amide bonds. The lowest BCUT2D eigenvalue weighted by molar-refractivity contribution is 0.234. The summed E-state index contributed by atoms with van der Waals surface area (Å²) in [4.78, 5) is 0. The Morgan fingerprint density at radius 2 is 1.72 bits per heavy atom. The first kappa shape index (κ1) is 23.4. The van der Waals surface area contributed by atoms with Crippen LogP contribution in [0, 0.1) is 23.6 Å². The molecule has 0 aliphatic heterocycles. The smallest absolute Gasteiger partial charge is 0.123 e. The highest BCUT2D eigenvalue weighted by Crippen LogP contribution is 2.32. The minimum atomic E-state index is -0.178. The normalized spacial score (nSPS) is 20.5. The third-order valence-electron chi connectivity index (χ3n) is 4.58. The van der Waals surface area contributed by atoms with Gasteiger partial charge in [0, 0.05) is 6.42 Å². The van der Waals surface area contributed by atoms with Crippen LogP contribution in [0.2, 0.25) is 0 Å². The molecule has 1 nitrogen and oxygen atoms in total. The molecule has 2 heteroatoms. The van der Waals surface area contributed by atoms with E-state index in [0.29, 0.717) is 12.2 Å². The summed E-state index contributed by atoms with van der Waals surface area (Å²) in [6.07, 6.45) is 12.0. The summed E-state index contributed by atoms with van der Waals surface area (Å²) in [7, 11) is 0. The first-order valence-electron chi connectivity index (χ1n) is 9.62. The summed E-state index contributed by atoms with van der Waals surface area (Å²) < 4.78 is 11.9. The van der Waals surface area contributed by atoms with E-state index in [4.69, 9.17) is 5.11 Å². The maximum atomic E-state index is 11.9. The summed E-state index contributed by atoms with van der Waals surface area (Å²) >= 11 is 0. The molecule has 0 heterocycles. The van der Waals surface area contributed by atoms with E-state index in [1.54, 1.807) is 24.3 Å². The molecule has 1 aromatic carbocycles. The summed E-state index contributed by atoms with van der Waals surface area (Å²) in [5.74, 6) is 3.23. The van der Waals surface area contributed by atoms with Gasteiger partial charge in [-0.3, -0.25) is 0 Å². The Morgan fingerprint density at radius 1 is 1.16 bits per heavy atom. The largest absolute Gasteiger partial charge is 0.512 e. The van der Waals surface area contributed by atoms with E-state index in [2.05, 4.69) is 20.8 Å². The quantitative estimate of drug-likeness (QED) is 0.438. The zero-order chi connectivity index (χ0) is 19.1. The summed E-state index contributed by atoms with van der Waals surface area (Å²) in [5, 5.41) is 8.80. The van der Waals surface area contributed by atoms with Crippen molar-refractivity contribution in [3.05, 3.63) is 60.1 Å². The molecule has 1 fully saturated rings. The molecular weight excluding hydrogens is 311 g/mol. The molecule has 1 saturated carbocycles. The van der Waals surface area contributed by atoms with Crippen molar-refractivity contribution in [2.45, 2.75) is 66.7 Å². The van der Waals surface area contributed by atoms with Gasteiger partial charge in [-0.1, -0.05) is 70.9 Å². The lowest BCUT2D eigenvalue weighted by atomic mass is 9.78. The van der Waals surface area contributed by atoms with Gasteiger partial charge in [0.2, 0.25) is 0 Å². The van der Waals surface area contributed by atoms with E-state index in [1.165, 1.54) is 37.8 Å². The Labute approximate surface area is 154 Å². The van der Waals surface area contributed by atoms with Crippen LogP contribution in [0.1, 0.15) is 66.7 Å².